The van der Waals surface area contributed by atoms with Crippen LogP contribution in [0.5, 0.6) is 0 Å². The summed E-state index contributed by atoms with van der Waals surface area (Å²) in [7, 11) is -0.0811. The van der Waals surface area contributed by atoms with Gasteiger partial charge in [-0.3, -0.25) is 0 Å². The van der Waals surface area contributed by atoms with Gasteiger partial charge in [0.1, 0.15) is 0 Å². The molecule has 0 heterocycles. The molecular formula is C17H22P. The molecule has 0 saturated heterocycles. The summed E-state index contributed by atoms with van der Waals surface area (Å²) in [5.74, 6) is 1.43. The Balaban J connectivity index is 2.21. The Morgan fingerprint density at radius 2 is 1.44 bits per heavy atom. The third kappa shape index (κ3) is 2.97. The van der Waals surface area contributed by atoms with Crippen LogP contribution >= 0.6 is 7.92 Å². The highest BCUT2D eigenvalue weighted by Gasteiger charge is 2.38. The van der Waals surface area contributed by atoms with E-state index < -0.39 is 0 Å². The molecule has 0 bridgehead atoms. The summed E-state index contributed by atoms with van der Waals surface area (Å²) in [6.45, 7) is 9.42. The fourth-order valence-corrected chi connectivity index (χ4v) is 5.70. The average Bonchev–Trinajstić information content (AvgIpc) is 2.78. The first kappa shape index (κ1) is 14.1. The van der Waals surface area contributed by atoms with Crippen molar-refractivity contribution in [2.45, 2.75) is 39.0 Å². The SMILES string of the molecule is CC(C)P([C]1[CH][CH][CH][C]1c1ccccc1)C(C)C. The van der Waals surface area contributed by atoms with Crippen molar-refractivity contribution in [2.24, 2.45) is 0 Å². The fraction of sp³-hybridized carbons (Fsp3) is 0.353. The topological polar surface area (TPSA) is 0 Å². The lowest BCUT2D eigenvalue weighted by Crippen LogP contribution is -2.14. The van der Waals surface area contributed by atoms with Crippen LogP contribution < -0.4 is 0 Å². The Hall–Kier alpha value is -0.350. The standard InChI is InChI=1S/C17H22P/c1-13(2)18(14(3)4)17-12-8-11-16(17)15-9-6-5-7-10-15/h5-14H,1-4H3. The minimum Gasteiger partial charge on any atom is -0.0929 e. The van der Waals surface area contributed by atoms with Crippen molar-refractivity contribution >= 4 is 7.92 Å². The van der Waals surface area contributed by atoms with Gasteiger partial charge < -0.3 is 0 Å². The maximum absolute atomic E-state index is 2.35. The van der Waals surface area contributed by atoms with Crippen molar-refractivity contribution in [3.8, 4) is 0 Å². The number of benzene rings is 1. The van der Waals surface area contributed by atoms with Gasteiger partial charge in [-0.1, -0.05) is 65.9 Å². The molecule has 0 aliphatic heterocycles. The molecular weight excluding hydrogens is 235 g/mol. The lowest BCUT2D eigenvalue weighted by molar-refractivity contribution is 0.998. The Morgan fingerprint density at radius 3 is 2.00 bits per heavy atom. The summed E-state index contributed by atoms with van der Waals surface area (Å²) in [6.07, 6.45) is 6.80. The molecule has 0 amide bonds. The number of hydrogen-bond donors (Lipinski definition) is 0. The Bertz CT molecular complexity index is 347. The zero-order valence-corrected chi connectivity index (χ0v) is 12.6. The summed E-state index contributed by atoms with van der Waals surface area (Å²) in [5.41, 5.74) is 4.40. The van der Waals surface area contributed by atoms with Crippen LogP contribution in [0, 0.1) is 30.8 Å². The van der Waals surface area contributed by atoms with Gasteiger partial charge >= 0.3 is 0 Å². The van der Waals surface area contributed by atoms with Crippen LogP contribution in [0.4, 0.5) is 0 Å². The second kappa shape index (κ2) is 6.20. The molecule has 1 aromatic rings. The molecule has 18 heavy (non-hydrogen) atoms. The fourth-order valence-electron chi connectivity index (χ4n) is 2.65. The van der Waals surface area contributed by atoms with Gasteiger partial charge in [0.05, 0.1) is 0 Å². The highest BCUT2D eigenvalue weighted by Crippen LogP contribution is 2.63. The van der Waals surface area contributed by atoms with Crippen LogP contribution in [0.1, 0.15) is 33.3 Å². The van der Waals surface area contributed by atoms with Gasteiger partial charge in [0.2, 0.25) is 0 Å². The molecule has 5 radical (unpaired) electrons. The summed E-state index contributed by atoms with van der Waals surface area (Å²) < 4.78 is 0. The van der Waals surface area contributed by atoms with Gasteiger partial charge in [-0.05, 0) is 36.1 Å². The van der Waals surface area contributed by atoms with Crippen molar-refractivity contribution in [2.75, 3.05) is 0 Å². The quantitative estimate of drug-likeness (QED) is 0.661. The van der Waals surface area contributed by atoms with Gasteiger partial charge in [-0.2, -0.15) is 0 Å². The van der Waals surface area contributed by atoms with Gasteiger partial charge in [0.25, 0.3) is 0 Å². The van der Waals surface area contributed by atoms with E-state index >= 15 is 0 Å². The Morgan fingerprint density at radius 1 is 0.833 bits per heavy atom. The molecule has 0 unspecified atom stereocenters. The van der Waals surface area contributed by atoms with E-state index in [4.69, 9.17) is 0 Å². The molecule has 95 valence electrons. The maximum Gasteiger partial charge on any atom is 0.0204 e. The first-order valence-electron chi connectivity index (χ1n) is 6.70. The zero-order chi connectivity index (χ0) is 13.1. The molecule has 1 aliphatic carbocycles. The number of hydrogen-bond acceptors (Lipinski definition) is 0. The summed E-state index contributed by atoms with van der Waals surface area (Å²) in [4.78, 5) is 0. The zero-order valence-electron chi connectivity index (χ0n) is 11.7. The molecule has 1 heteroatoms. The summed E-state index contributed by atoms with van der Waals surface area (Å²) in [5, 5.41) is 0. The maximum atomic E-state index is 2.35. The minimum absolute atomic E-state index is 0.0811. The molecule has 0 N–H and O–H groups in total. The van der Waals surface area contributed by atoms with Crippen LogP contribution in [0.15, 0.2) is 30.3 Å². The van der Waals surface area contributed by atoms with E-state index in [2.05, 4.69) is 77.3 Å². The van der Waals surface area contributed by atoms with Gasteiger partial charge in [0.15, 0.2) is 0 Å². The Labute approximate surface area is 114 Å². The molecule has 2 rings (SSSR count). The normalized spacial score (nSPS) is 18.4. The third-order valence-electron chi connectivity index (χ3n) is 3.27. The van der Waals surface area contributed by atoms with Gasteiger partial charge in [0, 0.05) is 11.6 Å². The molecule has 1 aromatic carbocycles. The van der Waals surface area contributed by atoms with E-state index in [0.717, 1.165) is 11.3 Å². The van der Waals surface area contributed by atoms with Crippen LogP contribution in [-0.2, 0) is 0 Å². The molecule has 0 atom stereocenters. The van der Waals surface area contributed by atoms with Crippen LogP contribution in [0.3, 0.4) is 0 Å². The highest BCUT2D eigenvalue weighted by molar-refractivity contribution is 7.62. The summed E-state index contributed by atoms with van der Waals surface area (Å²) >= 11 is 0. The minimum atomic E-state index is -0.0811. The van der Waals surface area contributed by atoms with Gasteiger partial charge in [-0.25, -0.2) is 0 Å². The van der Waals surface area contributed by atoms with E-state index in [1.807, 2.05) is 0 Å². The molecule has 1 saturated carbocycles. The van der Waals surface area contributed by atoms with Crippen molar-refractivity contribution in [1.29, 1.82) is 0 Å². The monoisotopic (exact) mass is 257 g/mol. The molecule has 1 aliphatic rings. The van der Waals surface area contributed by atoms with E-state index in [1.54, 1.807) is 5.66 Å². The molecule has 0 aromatic heterocycles. The van der Waals surface area contributed by atoms with Crippen LogP contribution in [-0.4, -0.2) is 11.3 Å². The molecule has 0 spiro atoms. The predicted octanol–water partition coefficient (Wildman–Crippen LogP) is 5.07. The Kier molecular flexibility index (Phi) is 4.84. The van der Waals surface area contributed by atoms with Crippen molar-refractivity contribution in [1.82, 2.24) is 0 Å². The van der Waals surface area contributed by atoms with Crippen LogP contribution in [0.25, 0.3) is 0 Å². The van der Waals surface area contributed by atoms with E-state index in [1.165, 1.54) is 11.5 Å². The first-order chi connectivity index (χ1) is 8.61. The molecule has 0 nitrogen and oxygen atoms in total. The van der Waals surface area contributed by atoms with Crippen LogP contribution in [0.2, 0.25) is 0 Å². The molecule has 1 fully saturated rings. The van der Waals surface area contributed by atoms with Crippen molar-refractivity contribution < 1.29 is 0 Å². The van der Waals surface area contributed by atoms with Crippen molar-refractivity contribution in [3.63, 3.8) is 0 Å². The number of rotatable bonds is 4. The van der Waals surface area contributed by atoms with E-state index in [-0.39, 0.29) is 7.92 Å². The smallest absolute Gasteiger partial charge is 0.0204 e. The van der Waals surface area contributed by atoms with Gasteiger partial charge in [-0.15, -0.1) is 0 Å². The lowest BCUT2D eigenvalue weighted by atomic mass is 9.97. The summed E-state index contributed by atoms with van der Waals surface area (Å²) in [6, 6.07) is 10.8. The third-order valence-corrected chi connectivity index (χ3v) is 6.44. The first-order valence-corrected chi connectivity index (χ1v) is 8.18. The van der Waals surface area contributed by atoms with E-state index in [9.17, 15) is 0 Å². The largest absolute Gasteiger partial charge is 0.0929 e. The average molecular weight is 257 g/mol. The van der Waals surface area contributed by atoms with Crippen molar-refractivity contribution in [3.05, 3.63) is 66.7 Å². The highest BCUT2D eigenvalue weighted by atomic mass is 31.1. The second-order valence-electron chi connectivity index (χ2n) is 5.29. The van der Waals surface area contributed by atoms with E-state index in [0.29, 0.717) is 0 Å². The lowest BCUT2D eigenvalue weighted by Gasteiger charge is -2.34. The second-order valence-corrected chi connectivity index (χ2v) is 8.65. The predicted molar refractivity (Wildman–Crippen MR) is 82.1 cm³/mol.